The Morgan fingerprint density at radius 1 is 1.30 bits per heavy atom. The number of hydrogen-bond acceptors (Lipinski definition) is 6. The van der Waals surface area contributed by atoms with Gasteiger partial charge >= 0.3 is 12.3 Å². The molecule has 0 aromatic carbocycles. The van der Waals surface area contributed by atoms with Gasteiger partial charge in [-0.2, -0.15) is 13.2 Å². The number of anilines is 1. The third kappa shape index (κ3) is 5.16. The van der Waals surface area contributed by atoms with Crippen LogP contribution in [-0.4, -0.2) is 61.8 Å². The summed E-state index contributed by atoms with van der Waals surface area (Å²) in [5.74, 6) is -0.153. The number of piperidine rings is 1. The van der Waals surface area contributed by atoms with Gasteiger partial charge in [-0.05, 0) is 27.2 Å². The van der Waals surface area contributed by atoms with E-state index < -0.39 is 41.3 Å². The quantitative estimate of drug-likeness (QED) is 0.722. The zero-order chi connectivity index (χ0) is 22.1. The molecular formula is C18H22F4N6O2. The summed E-state index contributed by atoms with van der Waals surface area (Å²) >= 11 is 0. The minimum absolute atomic E-state index is 0.00989. The Bertz CT molecular complexity index is 882. The molecule has 0 radical (unpaired) electrons. The predicted octanol–water partition coefficient (Wildman–Crippen LogP) is 3.64. The number of H-pyrrole nitrogens is 1. The molecule has 1 fully saturated rings. The molecule has 0 spiro atoms. The van der Waals surface area contributed by atoms with E-state index in [4.69, 9.17) is 4.74 Å². The number of ether oxygens (including phenoxy) is 1. The van der Waals surface area contributed by atoms with E-state index in [1.165, 1.54) is 17.4 Å². The number of aromatic nitrogens is 4. The van der Waals surface area contributed by atoms with E-state index in [9.17, 15) is 22.4 Å². The van der Waals surface area contributed by atoms with Gasteiger partial charge in [0.25, 0.3) is 0 Å². The second kappa shape index (κ2) is 8.07. The first-order valence-corrected chi connectivity index (χ1v) is 9.26. The standard InChI is InChI=1S/C18H22F4N6O2/c1-17(2,3)30-16(29)28-5-4-12(11(19)8-28)26-15-24-6-10(18(20,21)22)14(27-15)13-7-23-9-25-13/h6-7,9,11-12H,4-5,8H2,1-3H3,(H,23,25)(H,24,26,27)/t11-,12+/m1/s1. The predicted molar refractivity (Wildman–Crippen MR) is 99.3 cm³/mol. The van der Waals surface area contributed by atoms with Crippen LogP contribution in [0.15, 0.2) is 18.7 Å². The topological polar surface area (TPSA) is 96.0 Å². The van der Waals surface area contributed by atoms with E-state index in [-0.39, 0.29) is 31.2 Å². The summed E-state index contributed by atoms with van der Waals surface area (Å²) in [7, 11) is 0. The smallest absolute Gasteiger partial charge is 0.420 e. The minimum Gasteiger partial charge on any atom is -0.444 e. The van der Waals surface area contributed by atoms with Gasteiger partial charge in [-0.1, -0.05) is 0 Å². The zero-order valence-electron chi connectivity index (χ0n) is 16.6. The highest BCUT2D eigenvalue weighted by atomic mass is 19.4. The van der Waals surface area contributed by atoms with Crippen LogP contribution in [0.1, 0.15) is 32.8 Å². The summed E-state index contributed by atoms with van der Waals surface area (Å²) in [5.41, 5.74) is -2.17. The molecule has 0 bridgehead atoms. The van der Waals surface area contributed by atoms with Crippen LogP contribution in [0.4, 0.5) is 28.3 Å². The molecule has 1 saturated heterocycles. The molecule has 8 nitrogen and oxygen atoms in total. The molecule has 1 aliphatic rings. The SMILES string of the molecule is CC(C)(C)OC(=O)N1CC[C@H](Nc2ncc(C(F)(F)F)c(-c3c[nH]cn3)n2)[C@H](F)C1. The molecule has 3 heterocycles. The van der Waals surface area contributed by atoms with E-state index in [2.05, 4.69) is 25.3 Å². The van der Waals surface area contributed by atoms with E-state index in [1.54, 1.807) is 20.8 Å². The summed E-state index contributed by atoms with van der Waals surface area (Å²) in [6, 6.07) is -0.771. The van der Waals surface area contributed by atoms with E-state index in [1.807, 2.05) is 0 Å². The fourth-order valence-corrected chi connectivity index (χ4v) is 2.97. The maximum Gasteiger partial charge on any atom is 0.420 e. The molecule has 2 aromatic rings. The molecular weight excluding hydrogens is 408 g/mol. The molecule has 2 N–H and O–H groups in total. The maximum atomic E-state index is 14.7. The maximum absolute atomic E-state index is 14.7. The molecule has 2 atom stereocenters. The van der Waals surface area contributed by atoms with Gasteiger partial charge in [0.15, 0.2) is 0 Å². The van der Waals surface area contributed by atoms with Crippen molar-refractivity contribution in [1.29, 1.82) is 0 Å². The van der Waals surface area contributed by atoms with Crippen molar-refractivity contribution in [2.75, 3.05) is 18.4 Å². The largest absolute Gasteiger partial charge is 0.444 e. The van der Waals surface area contributed by atoms with Crippen LogP contribution < -0.4 is 5.32 Å². The second-order valence-corrected chi connectivity index (χ2v) is 7.89. The monoisotopic (exact) mass is 430 g/mol. The Hall–Kier alpha value is -2.92. The summed E-state index contributed by atoms with van der Waals surface area (Å²) in [6.07, 6.45) is -3.41. The molecule has 3 rings (SSSR count). The van der Waals surface area contributed by atoms with Gasteiger partial charge < -0.3 is 19.9 Å². The van der Waals surface area contributed by atoms with E-state index >= 15 is 0 Å². The average molecular weight is 430 g/mol. The van der Waals surface area contributed by atoms with Gasteiger partial charge in [-0.15, -0.1) is 0 Å². The van der Waals surface area contributed by atoms with Crippen LogP contribution in [0.5, 0.6) is 0 Å². The lowest BCUT2D eigenvalue weighted by molar-refractivity contribution is -0.137. The number of imidazole rings is 1. The van der Waals surface area contributed by atoms with Crippen molar-refractivity contribution in [1.82, 2.24) is 24.8 Å². The molecule has 164 valence electrons. The van der Waals surface area contributed by atoms with Crippen molar-refractivity contribution in [2.24, 2.45) is 0 Å². The summed E-state index contributed by atoms with van der Waals surface area (Å²) in [6.45, 7) is 5.15. The van der Waals surface area contributed by atoms with Crippen LogP contribution in [0.3, 0.4) is 0 Å². The molecule has 30 heavy (non-hydrogen) atoms. The normalized spacial score (nSPS) is 20.2. The Kier molecular flexibility index (Phi) is 5.86. The summed E-state index contributed by atoms with van der Waals surface area (Å²) in [4.78, 5) is 27.4. The molecule has 2 aromatic heterocycles. The summed E-state index contributed by atoms with van der Waals surface area (Å²) in [5, 5.41) is 2.74. The van der Waals surface area contributed by atoms with Crippen molar-refractivity contribution >= 4 is 12.0 Å². The van der Waals surface area contributed by atoms with Crippen LogP contribution >= 0.6 is 0 Å². The molecule has 0 unspecified atom stereocenters. The third-order valence-corrected chi connectivity index (χ3v) is 4.34. The van der Waals surface area contributed by atoms with Crippen LogP contribution in [0.2, 0.25) is 0 Å². The second-order valence-electron chi connectivity index (χ2n) is 7.89. The van der Waals surface area contributed by atoms with Crippen LogP contribution in [-0.2, 0) is 10.9 Å². The third-order valence-electron chi connectivity index (χ3n) is 4.34. The molecule has 1 amide bonds. The number of likely N-dealkylation sites (tertiary alicyclic amines) is 1. The van der Waals surface area contributed by atoms with Gasteiger partial charge in [0.2, 0.25) is 5.95 Å². The Labute approximate surface area is 170 Å². The summed E-state index contributed by atoms with van der Waals surface area (Å²) < 4.78 is 59.7. The Balaban J connectivity index is 1.73. The lowest BCUT2D eigenvalue weighted by Crippen LogP contribution is -2.51. The fraction of sp³-hybridized carbons (Fsp3) is 0.556. The van der Waals surface area contributed by atoms with Crippen molar-refractivity contribution in [3.63, 3.8) is 0 Å². The first-order valence-electron chi connectivity index (χ1n) is 9.26. The number of amides is 1. The first kappa shape index (κ1) is 21.8. The van der Waals surface area contributed by atoms with Crippen molar-refractivity contribution in [3.05, 3.63) is 24.3 Å². The van der Waals surface area contributed by atoms with Gasteiger partial charge in [0, 0.05) is 18.9 Å². The number of carbonyl (C=O) groups is 1. The number of hydrogen-bond donors (Lipinski definition) is 2. The molecule has 12 heteroatoms. The van der Waals surface area contributed by atoms with E-state index in [0.717, 1.165) is 0 Å². The first-order chi connectivity index (χ1) is 13.9. The lowest BCUT2D eigenvalue weighted by Gasteiger charge is -2.35. The highest BCUT2D eigenvalue weighted by Gasteiger charge is 2.37. The van der Waals surface area contributed by atoms with Gasteiger partial charge in [-0.25, -0.2) is 24.1 Å². The zero-order valence-corrected chi connectivity index (χ0v) is 16.6. The van der Waals surface area contributed by atoms with Crippen molar-refractivity contribution < 1.29 is 27.1 Å². The number of alkyl halides is 4. The highest BCUT2D eigenvalue weighted by Crippen LogP contribution is 2.35. The van der Waals surface area contributed by atoms with Crippen LogP contribution in [0.25, 0.3) is 11.4 Å². The average Bonchev–Trinajstić information content (AvgIpc) is 3.15. The number of carbonyl (C=O) groups excluding carboxylic acids is 1. The number of nitrogens with zero attached hydrogens (tertiary/aromatic N) is 4. The molecule has 0 aliphatic carbocycles. The van der Waals surface area contributed by atoms with Gasteiger partial charge in [0.05, 0.1) is 18.9 Å². The van der Waals surface area contributed by atoms with Gasteiger partial charge in [0.1, 0.15) is 28.7 Å². The Morgan fingerprint density at radius 2 is 2.03 bits per heavy atom. The molecule has 0 saturated carbocycles. The fourth-order valence-electron chi connectivity index (χ4n) is 2.97. The van der Waals surface area contributed by atoms with E-state index in [0.29, 0.717) is 6.20 Å². The Morgan fingerprint density at radius 3 is 2.60 bits per heavy atom. The lowest BCUT2D eigenvalue weighted by atomic mass is 10.0. The number of aromatic amines is 1. The highest BCUT2D eigenvalue weighted by molar-refractivity contribution is 5.68. The van der Waals surface area contributed by atoms with Crippen molar-refractivity contribution in [2.45, 2.75) is 51.2 Å². The number of nitrogens with one attached hydrogen (secondary N) is 2. The van der Waals surface area contributed by atoms with Gasteiger partial charge in [-0.3, -0.25) is 0 Å². The number of rotatable bonds is 3. The minimum atomic E-state index is -4.67. The van der Waals surface area contributed by atoms with Crippen molar-refractivity contribution in [3.8, 4) is 11.4 Å². The van der Waals surface area contributed by atoms with Crippen LogP contribution in [0, 0.1) is 0 Å². The molecule has 1 aliphatic heterocycles. The number of halogens is 4.